The molecule has 0 aliphatic heterocycles. The average molecular weight is 291 g/mol. The number of nitrogen functional groups attached to an aromatic ring is 1. The maximum Gasteiger partial charge on any atom is 0.138 e. The normalized spacial score (nSPS) is 10.2. The first-order valence-electron chi connectivity index (χ1n) is 6.96. The third-order valence-electron chi connectivity index (χ3n) is 3.30. The molecule has 3 N–H and O–H groups in total. The van der Waals surface area contributed by atoms with E-state index in [1.807, 2.05) is 72.6 Å². The molecule has 0 bridgehead atoms. The van der Waals surface area contributed by atoms with Crippen LogP contribution in [0.1, 0.15) is 0 Å². The second-order valence-corrected chi connectivity index (χ2v) is 4.91. The van der Waals surface area contributed by atoms with E-state index in [1.54, 1.807) is 6.33 Å². The van der Waals surface area contributed by atoms with E-state index in [0.717, 1.165) is 28.7 Å². The summed E-state index contributed by atoms with van der Waals surface area (Å²) in [5, 5.41) is 3.26. The minimum atomic E-state index is 0.723. The second kappa shape index (κ2) is 6.13. The lowest BCUT2D eigenvalue weighted by Gasteiger charge is -2.19. The van der Waals surface area contributed by atoms with Crippen LogP contribution in [0.2, 0.25) is 0 Å². The van der Waals surface area contributed by atoms with Gasteiger partial charge in [-0.25, -0.2) is 9.97 Å². The van der Waals surface area contributed by atoms with E-state index in [1.165, 1.54) is 0 Å². The van der Waals surface area contributed by atoms with Crippen molar-refractivity contribution in [1.82, 2.24) is 9.97 Å². The molecule has 0 aliphatic rings. The molecule has 0 spiro atoms. The van der Waals surface area contributed by atoms with Gasteiger partial charge in [0.05, 0.1) is 0 Å². The van der Waals surface area contributed by atoms with Gasteiger partial charge >= 0.3 is 0 Å². The molecule has 2 aromatic carbocycles. The molecule has 3 aromatic rings. The molecule has 0 unspecified atom stereocenters. The summed E-state index contributed by atoms with van der Waals surface area (Å²) in [6.07, 6.45) is 1.55. The van der Waals surface area contributed by atoms with Gasteiger partial charge in [0.2, 0.25) is 0 Å². The summed E-state index contributed by atoms with van der Waals surface area (Å²) in [4.78, 5) is 10.5. The van der Waals surface area contributed by atoms with Gasteiger partial charge < -0.3 is 16.0 Å². The SMILES string of the molecule is CN(c1cccc(N)c1)c1cc(Nc2ccccc2)ncn1. The standard InChI is InChI=1S/C17H17N5/c1-22(15-9-5-6-13(18)10-15)17-11-16(19-12-20-17)21-14-7-3-2-4-8-14/h2-12H,18H2,1H3,(H,19,20,21). The topological polar surface area (TPSA) is 67.1 Å². The van der Waals surface area contributed by atoms with Crippen molar-refractivity contribution in [1.29, 1.82) is 0 Å². The zero-order valence-corrected chi connectivity index (χ0v) is 12.3. The van der Waals surface area contributed by atoms with Crippen LogP contribution in [0.15, 0.2) is 67.0 Å². The highest BCUT2D eigenvalue weighted by molar-refractivity contribution is 5.66. The van der Waals surface area contributed by atoms with Crippen molar-refractivity contribution < 1.29 is 0 Å². The Bertz CT molecular complexity index is 758. The van der Waals surface area contributed by atoms with Crippen LogP contribution in [0.3, 0.4) is 0 Å². The van der Waals surface area contributed by atoms with E-state index in [9.17, 15) is 0 Å². The number of hydrogen-bond acceptors (Lipinski definition) is 5. The first-order chi connectivity index (χ1) is 10.7. The number of nitrogens with one attached hydrogen (secondary N) is 1. The molecule has 22 heavy (non-hydrogen) atoms. The minimum absolute atomic E-state index is 0.723. The molecule has 0 amide bonds. The van der Waals surface area contributed by atoms with Crippen molar-refractivity contribution in [3.63, 3.8) is 0 Å². The fraction of sp³-hybridized carbons (Fsp3) is 0.0588. The number of hydrogen-bond donors (Lipinski definition) is 2. The van der Waals surface area contributed by atoms with Crippen molar-refractivity contribution in [2.45, 2.75) is 0 Å². The summed E-state index contributed by atoms with van der Waals surface area (Å²) < 4.78 is 0. The van der Waals surface area contributed by atoms with Crippen LogP contribution in [0.4, 0.5) is 28.7 Å². The maximum absolute atomic E-state index is 5.83. The molecule has 0 radical (unpaired) electrons. The van der Waals surface area contributed by atoms with Crippen molar-refractivity contribution in [3.8, 4) is 0 Å². The van der Waals surface area contributed by atoms with Crippen molar-refractivity contribution in [2.24, 2.45) is 0 Å². The molecular formula is C17H17N5. The van der Waals surface area contributed by atoms with Gasteiger partial charge in [0, 0.05) is 30.2 Å². The summed E-state index contributed by atoms with van der Waals surface area (Å²) in [7, 11) is 1.95. The van der Waals surface area contributed by atoms with Gasteiger partial charge in [-0.05, 0) is 30.3 Å². The Hall–Kier alpha value is -3.08. The highest BCUT2D eigenvalue weighted by Gasteiger charge is 2.07. The molecule has 0 fully saturated rings. The lowest BCUT2D eigenvalue weighted by atomic mass is 10.2. The fourth-order valence-corrected chi connectivity index (χ4v) is 2.13. The van der Waals surface area contributed by atoms with Gasteiger partial charge in [0.15, 0.2) is 0 Å². The monoisotopic (exact) mass is 291 g/mol. The van der Waals surface area contributed by atoms with Gasteiger partial charge in [-0.3, -0.25) is 0 Å². The van der Waals surface area contributed by atoms with E-state index < -0.39 is 0 Å². The zero-order valence-electron chi connectivity index (χ0n) is 12.3. The molecule has 3 rings (SSSR count). The van der Waals surface area contributed by atoms with Gasteiger partial charge in [-0.2, -0.15) is 0 Å². The molecule has 0 aliphatic carbocycles. The van der Waals surface area contributed by atoms with Crippen LogP contribution < -0.4 is 16.0 Å². The molecule has 1 aromatic heterocycles. The van der Waals surface area contributed by atoms with E-state index in [-0.39, 0.29) is 0 Å². The van der Waals surface area contributed by atoms with Gasteiger partial charge in [-0.1, -0.05) is 24.3 Å². The first kappa shape index (κ1) is 13.9. The lowest BCUT2D eigenvalue weighted by Crippen LogP contribution is -2.12. The summed E-state index contributed by atoms with van der Waals surface area (Å²) in [6, 6.07) is 19.5. The summed E-state index contributed by atoms with van der Waals surface area (Å²) in [5.41, 5.74) is 8.52. The summed E-state index contributed by atoms with van der Waals surface area (Å²) in [6.45, 7) is 0. The predicted molar refractivity (Wildman–Crippen MR) is 90.7 cm³/mol. The zero-order chi connectivity index (χ0) is 15.4. The van der Waals surface area contributed by atoms with Gasteiger partial charge in [0.1, 0.15) is 18.0 Å². The highest BCUT2D eigenvalue weighted by atomic mass is 15.2. The smallest absolute Gasteiger partial charge is 0.138 e. The average Bonchev–Trinajstić information content (AvgIpc) is 2.55. The Kier molecular flexibility index (Phi) is 3.87. The number of nitrogens with two attached hydrogens (primary N) is 1. The number of para-hydroxylation sites is 1. The summed E-state index contributed by atoms with van der Waals surface area (Å²) >= 11 is 0. The molecule has 0 atom stereocenters. The molecule has 0 saturated heterocycles. The molecule has 110 valence electrons. The number of anilines is 5. The largest absolute Gasteiger partial charge is 0.399 e. The molecule has 1 heterocycles. The highest BCUT2D eigenvalue weighted by Crippen LogP contribution is 2.25. The van der Waals surface area contributed by atoms with Crippen LogP contribution in [0.25, 0.3) is 0 Å². The first-order valence-corrected chi connectivity index (χ1v) is 6.96. The quantitative estimate of drug-likeness (QED) is 0.719. The summed E-state index contributed by atoms with van der Waals surface area (Å²) in [5.74, 6) is 1.53. The molecular weight excluding hydrogens is 274 g/mol. The Morgan fingerprint density at radius 3 is 2.55 bits per heavy atom. The van der Waals surface area contributed by atoms with Crippen molar-refractivity contribution in [3.05, 3.63) is 67.0 Å². The molecule has 5 heteroatoms. The fourth-order valence-electron chi connectivity index (χ4n) is 2.13. The number of nitrogens with zero attached hydrogens (tertiary/aromatic N) is 3. The van der Waals surface area contributed by atoms with Gasteiger partial charge in [-0.15, -0.1) is 0 Å². The predicted octanol–water partition coefficient (Wildman–Crippen LogP) is 3.57. The van der Waals surface area contributed by atoms with Crippen LogP contribution in [0, 0.1) is 0 Å². The Balaban J connectivity index is 1.84. The molecule has 5 nitrogen and oxygen atoms in total. The number of aromatic nitrogens is 2. The number of rotatable bonds is 4. The van der Waals surface area contributed by atoms with E-state index >= 15 is 0 Å². The van der Waals surface area contributed by atoms with Crippen LogP contribution in [0.5, 0.6) is 0 Å². The Labute approximate surface area is 129 Å². The Morgan fingerprint density at radius 1 is 0.955 bits per heavy atom. The third-order valence-corrected chi connectivity index (χ3v) is 3.30. The molecule has 0 saturated carbocycles. The van der Waals surface area contributed by atoms with Crippen LogP contribution in [-0.2, 0) is 0 Å². The van der Waals surface area contributed by atoms with Crippen molar-refractivity contribution in [2.75, 3.05) is 23.0 Å². The van der Waals surface area contributed by atoms with E-state index in [0.29, 0.717) is 0 Å². The number of benzene rings is 2. The maximum atomic E-state index is 5.83. The van der Waals surface area contributed by atoms with Gasteiger partial charge in [0.25, 0.3) is 0 Å². The lowest BCUT2D eigenvalue weighted by molar-refractivity contribution is 1.08. The second-order valence-electron chi connectivity index (χ2n) is 4.91. The van der Waals surface area contributed by atoms with Crippen molar-refractivity contribution >= 4 is 28.7 Å². The van der Waals surface area contributed by atoms with E-state index in [4.69, 9.17) is 5.73 Å². The minimum Gasteiger partial charge on any atom is -0.399 e. The third kappa shape index (κ3) is 3.15. The van der Waals surface area contributed by atoms with E-state index in [2.05, 4.69) is 15.3 Å². The van der Waals surface area contributed by atoms with Crippen LogP contribution in [-0.4, -0.2) is 17.0 Å². The van der Waals surface area contributed by atoms with Crippen LogP contribution >= 0.6 is 0 Å². The Morgan fingerprint density at radius 2 is 1.77 bits per heavy atom.